The van der Waals surface area contributed by atoms with Crippen molar-refractivity contribution in [2.45, 2.75) is 26.7 Å². The molecule has 0 spiro atoms. The topological polar surface area (TPSA) is 67.2 Å². The molecule has 0 radical (unpaired) electrons. The van der Waals surface area contributed by atoms with E-state index < -0.39 is 0 Å². The Morgan fingerprint density at radius 2 is 1.91 bits per heavy atom. The van der Waals surface area contributed by atoms with Gasteiger partial charge in [0.15, 0.2) is 0 Å². The van der Waals surface area contributed by atoms with Gasteiger partial charge in [0.2, 0.25) is 5.91 Å². The maximum atomic E-state index is 12.4. The molecule has 0 bridgehead atoms. The highest BCUT2D eigenvalue weighted by atomic mass is 16.2. The van der Waals surface area contributed by atoms with Crippen LogP contribution in [0, 0.1) is 13.8 Å². The first kappa shape index (κ1) is 15.3. The monoisotopic (exact) mass is 312 g/mol. The molecule has 0 aliphatic carbocycles. The highest BCUT2D eigenvalue weighted by molar-refractivity contribution is 6.05. The molecule has 6 nitrogen and oxygen atoms in total. The number of aromatic nitrogens is 2. The van der Waals surface area contributed by atoms with Gasteiger partial charge in [-0.2, -0.15) is 5.10 Å². The van der Waals surface area contributed by atoms with Crippen molar-refractivity contribution in [1.29, 1.82) is 0 Å². The molecule has 120 valence electrons. The third kappa shape index (κ3) is 2.84. The SMILES string of the molecule is Cc1nn(C)c(C)c1NC(=O)c1ccc(N2CCCC2=O)cc1. The van der Waals surface area contributed by atoms with E-state index in [1.165, 1.54) is 0 Å². The van der Waals surface area contributed by atoms with Gasteiger partial charge in [0.25, 0.3) is 5.91 Å². The molecule has 0 unspecified atom stereocenters. The molecular formula is C17H20N4O2. The van der Waals surface area contributed by atoms with Crippen molar-refractivity contribution < 1.29 is 9.59 Å². The van der Waals surface area contributed by atoms with Gasteiger partial charge in [0.05, 0.1) is 17.1 Å². The number of carbonyl (C=O) groups is 2. The zero-order chi connectivity index (χ0) is 16.6. The summed E-state index contributed by atoms with van der Waals surface area (Å²) in [6.07, 6.45) is 1.49. The van der Waals surface area contributed by atoms with E-state index in [0.29, 0.717) is 12.0 Å². The predicted octanol–water partition coefficient (Wildman–Crippen LogP) is 2.42. The van der Waals surface area contributed by atoms with E-state index in [0.717, 1.165) is 35.7 Å². The van der Waals surface area contributed by atoms with Crippen LogP contribution in [0.3, 0.4) is 0 Å². The van der Waals surface area contributed by atoms with E-state index >= 15 is 0 Å². The van der Waals surface area contributed by atoms with Crippen molar-refractivity contribution in [3.05, 3.63) is 41.2 Å². The summed E-state index contributed by atoms with van der Waals surface area (Å²) in [7, 11) is 1.85. The van der Waals surface area contributed by atoms with E-state index in [-0.39, 0.29) is 11.8 Å². The highest BCUT2D eigenvalue weighted by Gasteiger charge is 2.22. The van der Waals surface area contributed by atoms with Crippen LogP contribution in [0.25, 0.3) is 0 Å². The summed E-state index contributed by atoms with van der Waals surface area (Å²) >= 11 is 0. The lowest BCUT2D eigenvalue weighted by atomic mass is 10.1. The number of anilines is 2. The molecule has 3 rings (SSSR count). The van der Waals surface area contributed by atoms with Gasteiger partial charge in [-0.15, -0.1) is 0 Å². The molecule has 2 aromatic rings. The third-order valence-electron chi connectivity index (χ3n) is 4.26. The van der Waals surface area contributed by atoms with Gasteiger partial charge in [-0.1, -0.05) is 0 Å². The van der Waals surface area contributed by atoms with Gasteiger partial charge in [-0.05, 0) is 44.5 Å². The van der Waals surface area contributed by atoms with E-state index in [1.54, 1.807) is 21.7 Å². The van der Waals surface area contributed by atoms with Crippen LogP contribution in [-0.4, -0.2) is 28.1 Å². The summed E-state index contributed by atoms with van der Waals surface area (Å²) in [4.78, 5) is 25.9. The van der Waals surface area contributed by atoms with Crippen LogP contribution in [0.1, 0.15) is 34.6 Å². The fourth-order valence-electron chi connectivity index (χ4n) is 2.85. The van der Waals surface area contributed by atoms with E-state index in [4.69, 9.17) is 0 Å². The Bertz CT molecular complexity index is 762. The Morgan fingerprint density at radius 3 is 2.43 bits per heavy atom. The second-order valence-corrected chi connectivity index (χ2v) is 5.82. The summed E-state index contributed by atoms with van der Waals surface area (Å²) < 4.78 is 1.74. The zero-order valence-electron chi connectivity index (χ0n) is 13.6. The average Bonchev–Trinajstić information content (AvgIpc) is 3.06. The van der Waals surface area contributed by atoms with Crippen LogP contribution < -0.4 is 10.2 Å². The summed E-state index contributed by atoms with van der Waals surface area (Å²) in [5.41, 5.74) is 3.85. The van der Waals surface area contributed by atoms with Crippen LogP contribution in [0.2, 0.25) is 0 Å². The first-order valence-corrected chi connectivity index (χ1v) is 7.69. The van der Waals surface area contributed by atoms with E-state index in [1.807, 2.05) is 33.0 Å². The fourth-order valence-corrected chi connectivity index (χ4v) is 2.85. The molecule has 2 heterocycles. The average molecular weight is 312 g/mol. The van der Waals surface area contributed by atoms with Gasteiger partial charge >= 0.3 is 0 Å². The van der Waals surface area contributed by atoms with Crippen LogP contribution in [0.15, 0.2) is 24.3 Å². The maximum Gasteiger partial charge on any atom is 0.255 e. The molecule has 2 amide bonds. The van der Waals surface area contributed by atoms with Crippen LogP contribution in [0.5, 0.6) is 0 Å². The lowest BCUT2D eigenvalue weighted by molar-refractivity contribution is -0.117. The normalized spacial score (nSPS) is 14.4. The molecule has 23 heavy (non-hydrogen) atoms. The molecule has 1 aromatic carbocycles. The van der Waals surface area contributed by atoms with Crippen molar-refractivity contribution in [3.8, 4) is 0 Å². The number of hydrogen-bond acceptors (Lipinski definition) is 3. The molecule has 1 aliphatic rings. The largest absolute Gasteiger partial charge is 0.319 e. The van der Waals surface area contributed by atoms with Gasteiger partial charge in [-0.25, -0.2) is 0 Å². The highest BCUT2D eigenvalue weighted by Crippen LogP contribution is 2.23. The van der Waals surface area contributed by atoms with Gasteiger partial charge in [0.1, 0.15) is 0 Å². The predicted molar refractivity (Wildman–Crippen MR) is 88.7 cm³/mol. The van der Waals surface area contributed by atoms with Gasteiger partial charge in [0, 0.05) is 31.3 Å². The number of hydrogen-bond donors (Lipinski definition) is 1. The molecule has 1 aliphatic heterocycles. The minimum Gasteiger partial charge on any atom is -0.319 e. The maximum absolute atomic E-state index is 12.4. The lowest BCUT2D eigenvalue weighted by Crippen LogP contribution is -2.23. The van der Waals surface area contributed by atoms with E-state index in [2.05, 4.69) is 10.4 Å². The van der Waals surface area contributed by atoms with Crippen molar-refractivity contribution in [1.82, 2.24) is 9.78 Å². The van der Waals surface area contributed by atoms with Crippen LogP contribution >= 0.6 is 0 Å². The Morgan fingerprint density at radius 1 is 1.22 bits per heavy atom. The Balaban J connectivity index is 1.76. The Labute approximate surface area is 135 Å². The van der Waals surface area contributed by atoms with Gasteiger partial charge < -0.3 is 10.2 Å². The Hall–Kier alpha value is -2.63. The van der Waals surface area contributed by atoms with E-state index in [9.17, 15) is 9.59 Å². The third-order valence-corrected chi connectivity index (χ3v) is 4.26. The molecule has 6 heteroatoms. The smallest absolute Gasteiger partial charge is 0.255 e. The standard InChI is InChI=1S/C17H20N4O2/c1-11-16(12(2)20(3)19-11)18-17(23)13-6-8-14(9-7-13)21-10-4-5-15(21)22/h6-9H,4-5,10H2,1-3H3,(H,18,23). The minimum atomic E-state index is -0.177. The first-order chi connectivity index (χ1) is 11.0. The van der Waals surface area contributed by atoms with Crippen molar-refractivity contribution in [2.75, 3.05) is 16.8 Å². The number of nitrogens with one attached hydrogen (secondary N) is 1. The first-order valence-electron chi connectivity index (χ1n) is 7.69. The molecule has 1 saturated heterocycles. The summed E-state index contributed by atoms with van der Waals surface area (Å²) in [5.74, 6) is -0.0349. The summed E-state index contributed by atoms with van der Waals surface area (Å²) in [5, 5.41) is 7.20. The molecule has 0 saturated carbocycles. The number of nitrogens with zero attached hydrogens (tertiary/aromatic N) is 3. The van der Waals surface area contributed by atoms with Crippen molar-refractivity contribution in [3.63, 3.8) is 0 Å². The Kier molecular flexibility index (Phi) is 3.90. The number of amides is 2. The fraction of sp³-hybridized carbons (Fsp3) is 0.353. The van der Waals surface area contributed by atoms with Crippen LogP contribution in [0.4, 0.5) is 11.4 Å². The lowest BCUT2D eigenvalue weighted by Gasteiger charge is -2.15. The minimum absolute atomic E-state index is 0.142. The molecular weight excluding hydrogens is 292 g/mol. The molecule has 1 fully saturated rings. The second-order valence-electron chi connectivity index (χ2n) is 5.82. The molecule has 1 aromatic heterocycles. The number of rotatable bonds is 3. The van der Waals surface area contributed by atoms with Gasteiger partial charge in [-0.3, -0.25) is 14.3 Å². The summed E-state index contributed by atoms with van der Waals surface area (Å²) in [6.45, 7) is 4.53. The molecule has 0 atom stereocenters. The molecule has 1 N–H and O–H groups in total. The quantitative estimate of drug-likeness (QED) is 0.946. The number of aryl methyl sites for hydroxylation is 2. The number of benzene rings is 1. The number of carbonyl (C=O) groups excluding carboxylic acids is 2. The van der Waals surface area contributed by atoms with Crippen LogP contribution in [-0.2, 0) is 11.8 Å². The zero-order valence-corrected chi connectivity index (χ0v) is 13.6. The second kappa shape index (κ2) is 5.87. The van der Waals surface area contributed by atoms with Crippen molar-refractivity contribution in [2.24, 2.45) is 7.05 Å². The van der Waals surface area contributed by atoms with Crippen molar-refractivity contribution >= 4 is 23.2 Å². The summed E-state index contributed by atoms with van der Waals surface area (Å²) in [6, 6.07) is 7.14.